The summed E-state index contributed by atoms with van der Waals surface area (Å²) in [5.74, 6) is 0.0214. The Hall–Kier alpha value is -2.12. The Morgan fingerprint density at radius 1 is 1.32 bits per heavy atom. The molecule has 0 aliphatic rings. The van der Waals surface area contributed by atoms with E-state index in [1.807, 2.05) is 6.92 Å². The van der Waals surface area contributed by atoms with Crippen LogP contribution in [0.4, 0.5) is 19.1 Å². The molecule has 2 aromatic heterocycles. The van der Waals surface area contributed by atoms with Crippen LogP contribution in [0, 0.1) is 0 Å². The second kappa shape index (κ2) is 5.25. The summed E-state index contributed by atoms with van der Waals surface area (Å²) in [5.41, 5.74) is -0.994. The molecule has 5 nitrogen and oxygen atoms in total. The van der Waals surface area contributed by atoms with Gasteiger partial charge in [-0.25, -0.2) is 9.67 Å². The lowest BCUT2D eigenvalue weighted by Gasteiger charge is -2.11. The van der Waals surface area contributed by atoms with Gasteiger partial charge in [0.2, 0.25) is 5.95 Å². The minimum absolute atomic E-state index is 0.0535. The van der Waals surface area contributed by atoms with Crippen molar-refractivity contribution in [3.05, 3.63) is 30.2 Å². The number of alkyl halides is 3. The summed E-state index contributed by atoms with van der Waals surface area (Å²) < 4.78 is 39.5. The van der Waals surface area contributed by atoms with Gasteiger partial charge in [-0.1, -0.05) is 6.92 Å². The van der Waals surface area contributed by atoms with Crippen LogP contribution in [-0.2, 0) is 6.18 Å². The molecule has 0 amide bonds. The number of hydrogen-bond acceptors (Lipinski definition) is 4. The third-order valence-electron chi connectivity index (χ3n) is 2.28. The maximum Gasteiger partial charge on any atom is 0.433 e. The van der Waals surface area contributed by atoms with Crippen molar-refractivity contribution in [2.45, 2.75) is 19.5 Å². The van der Waals surface area contributed by atoms with Gasteiger partial charge in [0.05, 0.1) is 0 Å². The fourth-order valence-electron chi connectivity index (χ4n) is 1.42. The second-order valence-corrected chi connectivity index (χ2v) is 3.81. The summed E-state index contributed by atoms with van der Waals surface area (Å²) in [6, 6.07) is 2.47. The van der Waals surface area contributed by atoms with E-state index in [9.17, 15) is 13.2 Å². The van der Waals surface area contributed by atoms with Gasteiger partial charge in [0.15, 0.2) is 11.5 Å². The van der Waals surface area contributed by atoms with Crippen LogP contribution in [0.1, 0.15) is 19.0 Å². The molecule has 0 aliphatic carbocycles. The molecule has 2 heterocycles. The third kappa shape index (κ3) is 3.21. The molecule has 102 valence electrons. The average Bonchev–Trinajstić information content (AvgIpc) is 2.89. The first kappa shape index (κ1) is 13.3. The first-order valence-electron chi connectivity index (χ1n) is 5.71. The zero-order valence-corrected chi connectivity index (χ0v) is 10.1. The lowest BCUT2D eigenvalue weighted by Crippen LogP contribution is -2.14. The van der Waals surface area contributed by atoms with Crippen LogP contribution < -0.4 is 5.32 Å². The van der Waals surface area contributed by atoms with Gasteiger partial charge in [-0.3, -0.25) is 0 Å². The van der Waals surface area contributed by atoms with Crippen LogP contribution in [0.2, 0.25) is 0 Å². The van der Waals surface area contributed by atoms with E-state index < -0.39 is 11.9 Å². The molecule has 2 aromatic rings. The van der Waals surface area contributed by atoms with Gasteiger partial charge in [0.25, 0.3) is 0 Å². The standard InChI is InChI=1S/C11H12F3N5/c1-2-4-15-10-17-8(11(12,13)14)7-9(18-10)19-6-3-5-16-19/h3,5-7H,2,4H2,1H3,(H,15,17,18). The van der Waals surface area contributed by atoms with Gasteiger partial charge >= 0.3 is 6.18 Å². The topological polar surface area (TPSA) is 55.6 Å². The van der Waals surface area contributed by atoms with E-state index >= 15 is 0 Å². The number of anilines is 1. The van der Waals surface area contributed by atoms with Crippen LogP contribution in [0.5, 0.6) is 0 Å². The molecule has 0 spiro atoms. The Labute approximate surface area is 107 Å². The second-order valence-electron chi connectivity index (χ2n) is 3.81. The maximum atomic E-state index is 12.8. The number of nitrogens with zero attached hydrogens (tertiary/aromatic N) is 4. The fourth-order valence-corrected chi connectivity index (χ4v) is 1.42. The van der Waals surface area contributed by atoms with Crippen LogP contribution in [-0.4, -0.2) is 26.3 Å². The Morgan fingerprint density at radius 3 is 2.68 bits per heavy atom. The lowest BCUT2D eigenvalue weighted by molar-refractivity contribution is -0.141. The minimum Gasteiger partial charge on any atom is -0.354 e. The molecule has 2 rings (SSSR count). The third-order valence-corrected chi connectivity index (χ3v) is 2.28. The number of halogens is 3. The highest BCUT2D eigenvalue weighted by Gasteiger charge is 2.34. The summed E-state index contributed by atoms with van der Waals surface area (Å²) >= 11 is 0. The monoisotopic (exact) mass is 271 g/mol. The summed E-state index contributed by atoms with van der Waals surface area (Å²) in [4.78, 5) is 7.47. The Balaban J connectivity index is 2.43. The van der Waals surface area contributed by atoms with Crippen LogP contribution >= 0.6 is 0 Å². The summed E-state index contributed by atoms with van der Waals surface area (Å²) in [5, 5.41) is 6.61. The highest BCUT2D eigenvalue weighted by molar-refractivity contribution is 5.35. The highest BCUT2D eigenvalue weighted by Crippen LogP contribution is 2.29. The molecule has 0 atom stereocenters. The lowest BCUT2D eigenvalue weighted by atomic mass is 10.4. The number of hydrogen-bond donors (Lipinski definition) is 1. The first-order valence-corrected chi connectivity index (χ1v) is 5.71. The van der Waals surface area contributed by atoms with E-state index in [1.165, 1.54) is 17.1 Å². The van der Waals surface area contributed by atoms with Gasteiger partial charge < -0.3 is 5.32 Å². The Morgan fingerprint density at radius 2 is 2.11 bits per heavy atom. The fraction of sp³-hybridized carbons (Fsp3) is 0.364. The van der Waals surface area contributed by atoms with E-state index in [0.717, 1.165) is 12.5 Å². The Kier molecular flexibility index (Phi) is 3.68. The van der Waals surface area contributed by atoms with E-state index in [0.29, 0.717) is 6.54 Å². The maximum absolute atomic E-state index is 12.8. The van der Waals surface area contributed by atoms with E-state index in [4.69, 9.17) is 0 Å². The quantitative estimate of drug-likeness (QED) is 0.928. The summed E-state index contributed by atoms with van der Waals surface area (Å²) in [6.45, 7) is 2.40. The molecule has 1 N–H and O–H groups in total. The predicted octanol–water partition coefficient (Wildman–Crippen LogP) is 2.50. The predicted molar refractivity (Wildman–Crippen MR) is 62.9 cm³/mol. The van der Waals surface area contributed by atoms with Crippen molar-refractivity contribution in [2.24, 2.45) is 0 Å². The zero-order chi connectivity index (χ0) is 13.9. The van der Waals surface area contributed by atoms with Crippen molar-refractivity contribution in [3.63, 3.8) is 0 Å². The van der Waals surface area contributed by atoms with Gasteiger partial charge in [-0.15, -0.1) is 0 Å². The van der Waals surface area contributed by atoms with Crippen LogP contribution in [0.25, 0.3) is 5.82 Å². The molecule has 0 unspecified atom stereocenters. The van der Waals surface area contributed by atoms with Crippen molar-refractivity contribution in [2.75, 3.05) is 11.9 Å². The van der Waals surface area contributed by atoms with Crippen LogP contribution in [0.15, 0.2) is 24.5 Å². The molecule has 0 radical (unpaired) electrons. The molecule has 0 aromatic carbocycles. The van der Waals surface area contributed by atoms with E-state index in [2.05, 4.69) is 20.4 Å². The van der Waals surface area contributed by atoms with Crippen molar-refractivity contribution in [1.29, 1.82) is 0 Å². The normalized spacial score (nSPS) is 11.6. The molecular weight excluding hydrogens is 259 g/mol. The molecule has 0 saturated carbocycles. The van der Waals surface area contributed by atoms with Gasteiger partial charge in [-0.05, 0) is 12.5 Å². The van der Waals surface area contributed by atoms with Gasteiger partial charge in [-0.2, -0.15) is 23.3 Å². The summed E-state index contributed by atoms with van der Waals surface area (Å²) in [7, 11) is 0. The van der Waals surface area contributed by atoms with Gasteiger partial charge in [0.1, 0.15) is 0 Å². The molecule has 19 heavy (non-hydrogen) atoms. The summed E-state index contributed by atoms with van der Waals surface area (Å²) in [6.07, 6.45) is -0.773. The molecule has 0 bridgehead atoms. The van der Waals surface area contributed by atoms with Crippen molar-refractivity contribution < 1.29 is 13.2 Å². The minimum atomic E-state index is -4.52. The SMILES string of the molecule is CCCNc1nc(-n2cccn2)cc(C(F)(F)F)n1. The molecule has 8 heteroatoms. The number of nitrogens with one attached hydrogen (secondary N) is 1. The zero-order valence-electron chi connectivity index (χ0n) is 10.1. The van der Waals surface area contributed by atoms with Crippen molar-refractivity contribution in [1.82, 2.24) is 19.7 Å². The van der Waals surface area contributed by atoms with Crippen LogP contribution in [0.3, 0.4) is 0 Å². The van der Waals surface area contributed by atoms with Crippen molar-refractivity contribution >= 4 is 5.95 Å². The Bertz CT molecular complexity index is 536. The molecule has 0 saturated heterocycles. The van der Waals surface area contributed by atoms with E-state index in [1.54, 1.807) is 6.07 Å². The molecular formula is C11H12F3N5. The molecule has 0 fully saturated rings. The van der Waals surface area contributed by atoms with E-state index in [-0.39, 0.29) is 11.8 Å². The number of aromatic nitrogens is 4. The van der Waals surface area contributed by atoms with Gasteiger partial charge in [0, 0.05) is 25.0 Å². The van der Waals surface area contributed by atoms with Crippen molar-refractivity contribution in [3.8, 4) is 5.82 Å². The highest BCUT2D eigenvalue weighted by atomic mass is 19.4. The first-order chi connectivity index (χ1) is 9.00. The molecule has 0 aliphatic heterocycles. The smallest absolute Gasteiger partial charge is 0.354 e. The number of rotatable bonds is 4. The largest absolute Gasteiger partial charge is 0.433 e. The average molecular weight is 271 g/mol.